The van der Waals surface area contributed by atoms with E-state index in [-0.39, 0.29) is 20.8 Å². The Morgan fingerprint density at radius 1 is 1.03 bits per heavy atom. The lowest BCUT2D eigenvalue weighted by Gasteiger charge is -2.26. The van der Waals surface area contributed by atoms with Crippen LogP contribution in [0.5, 0.6) is 0 Å². The highest BCUT2D eigenvalue weighted by Crippen LogP contribution is 2.30. The first-order chi connectivity index (χ1) is 14.4. The van der Waals surface area contributed by atoms with Gasteiger partial charge in [0.1, 0.15) is 0 Å². The number of aromatic nitrogens is 1. The number of hydrogen-bond acceptors (Lipinski definition) is 5. The van der Waals surface area contributed by atoms with Crippen molar-refractivity contribution >= 4 is 43.9 Å². The predicted octanol–water partition coefficient (Wildman–Crippen LogP) is 5.31. The van der Waals surface area contributed by atoms with Gasteiger partial charge in [-0.3, -0.25) is 5.32 Å². The van der Waals surface area contributed by atoms with Crippen molar-refractivity contribution in [2.45, 2.75) is 29.1 Å². The summed E-state index contributed by atoms with van der Waals surface area (Å²) in [4.78, 5) is 18.8. The second kappa shape index (κ2) is 8.75. The van der Waals surface area contributed by atoms with Crippen LogP contribution in [-0.4, -0.2) is 37.4 Å². The monoisotopic (exact) mass is 461 g/mol. The Kier molecular flexibility index (Phi) is 6.08. The van der Waals surface area contributed by atoms with Crippen LogP contribution in [0.1, 0.15) is 19.3 Å². The number of thiazole rings is 1. The molecule has 156 valence electrons. The van der Waals surface area contributed by atoms with Gasteiger partial charge in [-0.25, -0.2) is 18.2 Å². The molecule has 1 fully saturated rings. The number of hydrogen-bond donors (Lipinski definition) is 1. The van der Waals surface area contributed by atoms with Crippen LogP contribution in [0.4, 0.5) is 9.93 Å². The minimum absolute atomic E-state index is 0.0794. The van der Waals surface area contributed by atoms with Crippen LogP contribution in [0.15, 0.2) is 63.7 Å². The molecule has 0 bridgehead atoms. The van der Waals surface area contributed by atoms with Crippen LogP contribution in [0.25, 0.3) is 11.3 Å². The van der Waals surface area contributed by atoms with E-state index in [0.29, 0.717) is 10.8 Å². The number of rotatable bonds is 4. The molecule has 1 saturated heterocycles. The first kappa shape index (κ1) is 20.8. The molecule has 2 heterocycles. The van der Waals surface area contributed by atoms with Crippen molar-refractivity contribution in [3.8, 4) is 11.3 Å². The molecule has 30 heavy (non-hydrogen) atoms. The molecule has 0 atom stereocenters. The number of nitrogens with one attached hydrogen (secondary N) is 1. The highest BCUT2D eigenvalue weighted by Gasteiger charge is 2.21. The second-order valence-corrected chi connectivity index (χ2v) is 10.2. The Morgan fingerprint density at radius 3 is 2.43 bits per heavy atom. The average molecular weight is 462 g/mol. The first-order valence-electron chi connectivity index (χ1n) is 9.57. The smallest absolute Gasteiger partial charge is 0.323 e. The Hall–Kier alpha value is -2.42. The number of benzene rings is 2. The minimum Gasteiger partial charge on any atom is -0.324 e. The molecule has 0 spiro atoms. The fraction of sp³-hybridized carbons (Fsp3) is 0.238. The molecular formula is C21H20ClN3O3S2. The van der Waals surface area contributed by atoms with Gasteiger partial charge in [0.05, 0.1) is 20.5 Å². The maximum Gasteiger partial charge on any atom is 0.323 e. The van der Waals surface area contributed by atoms with Gasteiger partial charge in [-0.05, 0) is 43.5 Å². The SMILES string of the molecule is O=C(Nc1nc(-c2ccc(S(=O)(=O)c3ccccc3Cl)cc2)cs1)N1CCCCC1. The summed E-state index contributed by atoms with van der Waals surface area (Å²) in [5.74, 6) is 0. The van der Waals surface area contributed by atoms with Gasteiger partial charge in [0.15, 0.2) is 5.13 Å². The summed E-state index contributed by atoms with van der Waals surface area (Å²) in [5, 5.41) is 5.40. The molecule has 0 radical (unpaired) electrons. The number of piperidine rings is 1. The van der Waals surface area contributed by atoms with Crippen LogP contribution in [-0.2, 0) is 9.84 Å². The lowest BCUT2D eigenvalue weighted by molar-refractivity contribution is 0.200. The zero-order valence-electron chi connectivity index (χ0n) is 16.0. The maximum absolute atomic E-state index is 12.8. The van der Waals surface area contributed by atoms with E-state index in [1.54, 1.807) is 47.4 Å². The minimum atomic E-state index is -3.70. The molecule has 2 amide bonds. The second-order valence-electron chi connectivity index (χ2n) is 6.97. The van der Waals surface area contributed by atoms with Crippen LogP contribution >= 0.6 is 22.9 Å². The number of anilines is 1. The van der Waals surface area contributed by atoms with Crippen LogP contribution in [0.2, 0.25) is 5.02 Å². The first-order valence-corrected chi connectivity index (χ1v) is 12.3. The lowest BCUT2D eigenvalue weighted by Crippen LogP contribution is -2.38. The Morgan fingerprint density at radius 2 is 1.73 bits per heavy atom. The number of carbonyl (C=O) groups is 1. The maximum atomic E-state index is 12.8. The van der Waals surface area contributed by atoms with Crippen molar-refractivity contribution in [1.29, 1.82) is 0 Å². The molecule has 0 unspecified atom stereocenters. The van der Waals surface area contributed by atoms with Gasteiger partial charge < -0.3 is 4.90 Å². The summed E-state index contributed by atoms with van der Waals surface area (Å²) in [6.07, 6.45) is 3.22. The quantitative estimate of drug-likeness (QED) is 0.570. The van der Waals surface area contributed by atoms with E-state index in [2.05, 4.69) is 10.3 Å². The third kappa shape index (κ3) is 4.35. The fourth-order valence-corrected chi connectivity index (χ4v) is 5.81. The molecule has 0 aliphatic carbocycles. The van der Waals surface area contributed by atoms with E-state index in [9.17, 15) is 13.2 Å². The largest absolute Gasteiger partial charge is 0.324 e. The van der Waals surface area contributed by atoms with E-state index in [4.69, 9.17) is 11.6 Å². The molecule has 1 aromatic heterocycles. The van der Waals surface area contributed by atoms with Crippen LogP contribution in [0, 0.1) is 0 Å². The Labute approximate surface area is 184 Å². The molecule has 2 aromatic carbocycles. The lowest BCUT2D eigenvalue weighted by atomic mass is 10.1. The van der Waals surface area contributed by atoms with Crippen molar-refractivity contribution in [1.82, 2.24) is 9.88 Å². The number of likely N-dealkylation sites (tertiary alicyclic amines) is 1. The zero-order chi connectivity index (χ0) is 21.1. The summed E-state index contributed by atoms with van der Waals surface area (Å²) in [5.41, 5.74) is 1.44. The number of urea groups is 1. The average Bonchev–Trinajstić information content (AvgIpc) is 3.23. The molecule has 3 aromatic rings. The zero-order valence-corrected chi connectivity index (χ0v) is 18.4. The van der Waals surface area contributed by atoms with E-state index in [0.717, 1.165) is 37.9 Å². The summed E-state index contributed by atoms with van der Waals surface area (Å²) >= 11 is 7.40. The summed E-state index contributed by atoms with van der Waals surface area (Å²) in [6, 6.07) is 12.7. The molecule has 9 heteroatoms. The number of sulfone groups is 1. The molecule has 4 rings (SSSR count). The molecule has 0 saturated carbocycles. The van der Waals surface area contributed by atoms with Gasteiger partial charge in [0.2, 0.25) is 9.84 Å². The van der Waals surface area contributed by atoms with Gasteiger partial charge in [0, 0.05) is 24.0 Å². The number of carbonyl (C=O) groups excluding carboxylic acids is 1. The third-order valence-electron chi connectivity index (χ3n) is 4.95. The normalized spacial score (nSPS) is 14.5. The van der Waals surface area contributed by atoms with Gasteiger partial charge in [0.25, 0.3) is 0 Å². The van der Waals surface area contributed by atoms with Crippen molar-refractivity contribution in [3.63, 3.8) is 0 Å². The van der Waals surface area contributed by atoms with Crippen LogP contribution < -0.4 is 5.32 Å². The third-order valence-corrected chi connectivity index (χ3v) is 7.98. The predicted molar refractivity (Wildman–Crippen MR) is 119 cm³/mol. The summed E-state index contributed by atoms with van der Waals surface area (Å²) in [7, 11) is -3.70. The molecular weight excluding hydrogens is 442 g/mol. The van der Waals surface area contributed by atoms with Gasteiger partial charge in [-0.1, -0.05) is 35.9 Å². The van der Waals surface area contributed by atoms with E-state index >= 15 is 0 Å². The summed E-state index contributed by atoms with van der Waals surface area (Å²) in [6.45, 7) is 1.54. The molecule has 6 nitrogen and oxygen atoms in total. The summed E-state index contributed by atoms with van der Waals surface area (Å²) < 4.78 is 25.7. The molecule has 1 aliphatic heterocycles. The van der Waals surface area contributed by atoms with Crippen molar-refractivity contribution < 1.29 is 13.2 Å². The molecule has 1 aliphatic rings. The Bertz CT molecular complexity index is 1150. The molecule has 1 N–H and O–H groups in total. The number of amides is 2. The number of nitrogens with zero attached hydrogens (tertiary/aromatic N) is 2. The van der Waals surface area contributed by atoms with E-state index in [1.165, 1.54) is 17.4 Å². The number of halogens is 1. The van der Waals surface area contributed by atoms with Crippen molar-refractivity contribution in [3.05, 3.63) is 58.9 Å². The van der Waals surface area contributed by atoms with Crippen molar-refractivity contribution in [2.24, 2.45) is 0 Å². The highest BCUT2D eigenvalue weighted by atomic mass is 35.5. The topological polar surface area (TPSA) is 79.4 Å². The fourth-order valence-electron chi connectivity index (χ4n) is 3.33. The van der Waals surface area contributed by atoms with Crippen molar-refractivity contribution in [2.75, 3.05) is 18.4 Å². The Balaban J connectivity index is 1.50. The van der Waals surface area contributed by atoms with E-state index in [1.807, 2.05) is 5.38 Å². The van der Waals surface area contributed by atoms with Gasteiger partial charge in [-0.2, -0.15) is 0 Å². The van der Waals surface area contributed by atoms with Gasteiger partial charge in [-0.15, -0.1) is 11.3 Å². The highest BCUT2D eigenvalue weighted by molar-refractivity contribution is 7.91. The van der Waals surface area contributed by atoms with Crippen LogP contribution in [0.3, 0.4) is 0 Å². The van der Waals surface area contributed by atoms with Gasteiger partial charge >= 0.3 is 6.03 Å². The standard InChI is InChI=1S/C21H20ClN3O3S2/c22-17-6-2-3-7-19(17)30(27,28)16-10-8-15(9-11-16)18-14-29-20(23-18)24-21(26)25-12-4-1-5-13-25/h2-3,6-11,14H,1,4-5,12-13H2,(H,23,24,26). The van der Waals surface area contributed by atoms with E-state index < -0.39 is 9.84 Å².